The molecule has 0 heterocycles. The van der Waals surface area contributed by atoms with Crippen LogP contribution in [-0.2, 0) is 0 Å². The summed E-state index contributed by atoms with van der Waals surface area (Å²) >= 11 is 0. The number of terminal acetylenes is 2. The molecule has 0 radical (unpaired) electrons. The molecule has 0 atom stereocenters. The van der Waals surface area contributed by atoms with Gasteiger partial charge in [0.15, 0.2) is 0 Å². The third kappa shape index (κ3) is 1.45. The molecule has 0 heteroatoms. The van der Waals surface area contributed by atoms with Gasteiger partial charge in [0.1, 0.15) is 0 Å². The Hall–Kier alpha value is -2.70. The highest BCUT2D eigenvalue weighted by Crippen LogP contribution is 2.27. The van der Waals surface area contributed by atoms with Crippen LogP contribution in [0, 0.1) is 24.7 Å². The number of rotatable bonds is 0. The van der Waals surface area contributed by atoms with Crippen LogP contribution in [0.15, 0.2) is 48.5 Å². The summed E-state index contributed by atoms with van der Waals surface area (Å²) in [5, 5.41) is 4.56. The second-order valence-corrected chi connectivity index (χ2v) is 4.20. The molecule has 0 aromatic heterocycles. The topological polar surface area (TPSA) is 0 Å². The van der Waals surface area contributed by atoms with E-state index in [4.69, 9.17) is 12.8 Å². The minimum absolute atomic E-state index is 0.778. The molecule has 3 aromatic rings. The molecule has 18 heavy (non-hydrogen) atoms. The van der Waals surface area contributed by atoms with E-state index in [9.17, 15) is 0 Å². The molecule has 0 spiro atoms. The quantitative estimate of drug-likeness (QED) is 0.402. The normalized spacial score (nSPS) is 10.1. The predicted molar refractivity (Wildman–Crippen MR) is 77.3 cm³/mol. The highest BCUT2D eigenvalue weighted by atomic mass is 14.1. The van der Waals surface area contributed by atoms with E-state index < -0.39 is 0 Å². The fraction of sp³-hybridized carbons (Fsp3) is 0. The summed E-state index contributed by atoms with van der Waals surface area (Å²) in [6, 6.07) is 16.4. The fourth-order valence-corrected chi connectivity index (χ4v) is 2.29. The van der Waals surface area contributed by atoms with Crippen LogP contribution in [0.4, 0.5) is 0 Å². The molecule has 0 aliphatic rings. The van der Waals surface area contributed by atoms with Gasteiger partial charge in [0.05, 0.1) is 0 Å². The average molecular weight is 226 g/mol. The molecular formula is C18H10. The number of benzene rings is 3. The van der Waals surface area contributed by atoms with Gasteiger partial charge in [-0.1, -0.05) is 42.2 Å². The van der Waals surface area contributed by atoms with Crippen LogP contribution in [0.3, 0.4) is 0 Å². The van der Waals surface area contributed by atoms with Gasteiger partial charge in [0, 0.05) is 11.1 Å². The monoisotopic (exact) mass is 226 g/mol. The van der Waals surface area contributed by atoms with Gasteiger partial charge in [-0.2, -0.15) is 0 Å². The summed E-state index contributed by atoms with van der Waals surface area (Å²) in [5.74, 6) is 5.36. The fourth-order valence-electron chi connectivity index (χ4n) is 2.29. The molecule has 0 unspecified atom stereocenters. The third-order valence-electron chi connectivity index (χ3n) is 3.19. The van der Waals surface area contributed by atoms with Gasteiger partial charge in [-0.25, -0.2) is 0 Å². The van der Waals surface area contributed by atoms with Crippen molar-refractivity contribution < 1.29 is 0 Å². The minimum atomic E-state index is 0.778. The molecule has 0 nitrogen and oxygen atoms in total. The van der Waals surface area contributed by atoms with Crippen molar-refractivity contribution >= 4 is 21.5 Å². The highest BCUT2D eigenvalue weighted by molar-refractivity contribution is 6.01. The average Bonchev–Trinajstić information content (AvgIpc) is 2.43. The zero-order valence-electron chi connectivity index (χ0n) is 9.77. The highest BCUT2D eigenvalue weighted by Gasteiger charge is 2.05. The maximum Gasteiger partial charge on any atom is 0.0477 e. The van der Waals surface area contributed by atoms with Gasteiger partial charge in [-0.3, -0.25) is 0 Å². The van der Waals surface area contributed by atoms with Crippen molar-refractivity contribution in [1.29, 1.82) is 0 Å². The largest absolute Gasteiger partial charge is 0.115 e. The molecular weight excluding hydrogens is 216 g/mol. The van der Waals surface area contributed by atoms with Crippen LogP contribution in [0.1, 0.15) is 11.1 Å². The van der Waals surface area contributed by atoms with E-state index in [1.54, 1.807) is 0 Å². The first-order valence-corrected chi connectivity index (χ1v) is 5.72. The Morgan fingerprint density at radius 3 is 2.11 bits per heavy atom. The van der Waals surface area contributed by atoms with Crippen molar-refractivity contribution in [2.75, 3.05) is 0 Å². The van der Waals surface area contributed by atoms with Crippen LogP contribution in [0.5, 0.6) is 0 Å². The molecule has 0 amide bonds. The number of hydrogen-bond donors (Lipinski definition) is 0. The predicted octanol–water partition coefficient (Wildman–Crippen LogP) is 3.96. The van der Waals surface area contributed by atoms with Crippen LogP contribution >= 0.6 is 0 Å². The number of fused-ring (bicyclic) bond motifs is 2. The SMILES string of the molecule is C#Cc1ccc2cc3ccccc3cc2c1C#C. The molecule has 0 aliphatic carbocycles. The van der Waals surface area contributed by atoms with Gasteiger partial charge < -0.3 is 0 Å². The van der Waals surface area contributed by atoms with E-state index in [1.165, 1.54) is 10.8 Å². The van der Waals surface area contributed by atoms with E-state index in [2.05, 4.69) is 36.1 Å². The summed E-state index contributed by atoms with van der Waals surface area (Å²) in [4.78, 5) is 0. The Morgan fingerprint density at radius 2 is 1.44 bits per heavy atom. The molecule has 0 bridgehead atoms. The third-order valence-corrected chi connectivity index (χ3v) is 3.19. The zero-order valence-corrected chi connectivity index (χ0v) is 9.77. The zero-order chi connectivity index (χ0) is 12.5. The van der Waals surface area contributed by atoms with Crippen molar-refractivity contribution in [2.24, 2.45) is 0 Å². The van der Waals surface area contributed by atoms with Crippen LogP contribution in [-0.4, -0.2) is 0 Å². The summed E-state index contributed by atoms with van der Waals surface area (Å²) < 4.78 is 0. The van der Waals surface area contributed by atoms with E-state index >= 15 is 0 Å². The molecule has 3 aromatic carbocycles. The molecule has 0 saturated heterocycles. The van der Waals surface area contributed by atoms with Crippen molar-refractivity contribution in [1.82, 2.24) is 0 Å². The van der Waals surface area contributed by atoms with Crippen molar-refractivity contribution in [3.63, 3.8) is 0 Å². The Kier molecular flexibility index (Phi) is 2.30. The smallest absolute Gasteiger partial charge is 0.0477 e. The van der Waals surface area contributed by atoms with Gasteiger partial charge in [0.25, 0.3) is 0 Å². The van der Waals surface area contributed by atoms with Crippen molar-refractivity contribution in [3.8, 4) is 24.7 Å². The first kappa shape index (κ1) is 10.5. The molecule has 82 valence electrons. The Bertz CT molecular complexity index is 839. The molecule has 0 aliphatic heterocycles. The first-order valence-electron chi connectivity index (χ1n) is 5.72. The Morgan fingerprint density at radius 1 is 0.722 bits per heavy atom. The first-order chi connectivity index (χ1) is 8.83. The molecule has 0 saturated carbocycles. The lowest BCUT2D eigenvalue weighted by molar-refractivity contribution is 1.66. The van der Waals surface area contributed by atoms with Crippen molar-refractivity contribution in [2.45, 2.75) is 0 Å². The maximum absolute atomic E-state index is 5.59. The van der Waals surface area contributed by atoms with Crippen LogP contribution < -0.4 is 0 Å². The summed E-state index contributed by atoms with van der Waals surface area (Å²) in [6.07, 6.45) is 11.1. The lowest BCUT2D eigenvalue weighted by Crippen LogP contribution is -1.86. The van der Waals surface area contributed by atoms with Gasteiger partial charge in [-0.15, -0.1) is 12.8 Å². The summed E-state index contributed by atoms with van der Waals surface area (Å²) in [5.41, 5.74) is 1.58. The summed E-state index contributed by atoms with van der Waals surface area (Å²) in [7, 11) is 0. The van der Waals surface area contributed by atoms with Gasteiger partial charge in [-0.05, 0) is 39.7 Å². The number of hydrogen-bond acceptors (Lipinski definition) is 0. The van der Waals surface area contributed by atoms with Crippen LogP contribution in [0.2, 0.25) is 0 Å². The second-order valence-electron chi connectivity index (χ2n) is 4.20. The van der Waals surface area contributed by atoms with Crippen molar-refractivity contribution in [3.05, 3.63) is 59.7 Å². The van der Waals surface area contributed by atoms with E-state index in [0.717, 1.165) is 21.9 Å². The molecule has 3 rings (SSSR count). The lowest BCUT2D eigenvalue weighted by atomic mass is 9.96. The Labute approximate surface area is 106 Å². The second kappa shape index (κ2) is 3.95. The minimum Gasteiger partial charge on any atom is -0.115 e. The van der Waals surface area contributed by atoms with Crippen LogP contribution in [0.25, 0.3) is 21.5 Å². The molecule has 0 N–H and O–H groups in total. The maximum atomic E-state index is 5.59. The molecule has 0 fully saturated rings. The van der Waals surface area contributed by atoms with Gasteiger partial charge in [0.2, 0.25) is 0 Å². The van der Waals surface area contributed by atoms with E-state index in [-0.39, 0.29) is 0 Å². The summed E-state index contributed by atoms with van der Waals surface area (Å²) in [6.45, 7) is 0. The van der Waals surface area contributed by atoms with E-state index in [1.807, 2.05) is 24.3 Å². The standard InChI is InChI=1S/C18H10/c1-3-13-9-10-16-11-14-7-5-6-8-15(14)12-18(16)17(13)4-2/h1-2,5-12H. The Balaban J connectivity index is 2.52. The van der Waals surface area contributed by atoms with E-state index in [0.29, 0.717) is 0 Å². The lowest BCUT2D eigenvalue weighted by Gasteiger charge is -2.06. The van der Waals surface area contributed by atoms with Gasteiger partial charge >= 0.3 is 0 Å².